The van der Waals surface area contributed by atoms with E-state index in [2.05, 4.69) is 15.2 Å². The molecule has 5 nitrogen and oxygen atoms in total. The van der Waals surface area contributed by atoms with E-state index in [1.807, 2.05) is 10.9 Å². The molecule has 1 saturated carbocycles. The zero-order chi connectivity index (χ0) is 11.7. The summed E-state index contributed by atoms with van der Waals surface area (Å²) in [5.41, 5.74) is 0.668. The minimum Gasteiger partial charge on any atom is -0.390 e. The van der Waals surface area contributed by atoms with Crippen molar-refractivity contribution in [3.8, 4) is 0 Å². The van der Waals surface area contributed by atoms with Crippen molar-refractivity contribution >= 4 is 0 Å². The van der Waals surface area contributed by atoms with E-state index in [1.54, 1.807) is 0 Å². The van der Waals surface area contributed by atoms with E-state index in [-0.39, 0.29) is 6.61 Å². The Morgan fingerprint density at radius 3 is 2.59 bits per heavy atom. The highest BCUT2D eigenvalue weighted by atomic mass is 16.3. The monoisotopic (exact) mass is 236 g/mol. The Morgan fingerprint density at radius 1 is 1.18 bits per heavy atom. The normalized spacial score (nSPS) is 23.8. The van der Waals surface area contributed by atoms with Crippen LogP contribution in [0.2, 0.25) is 0 Å². The van der Waals surface area contributed by atoms with Gasteiger partial charge in [-0.1, -0.05) is 24.5 Å². The van der Waals surface area contributed by atoms with Crippen molar-refractivity contribution in [2.24, 2.45) is 0 Å². The molecule has 0 aromatic carbocycles. The lowest BCUT2D eigenvalue weighted by Gasteiger charge is -2.45. The molecule has 1 aromatic heterocycles. The van der Waals surface area contributed by atoms with E-state index in [4.69, 9.17) is 5.11 Å². The third kappa shape index (κ3) is 2.21. The van der Waals surface area contributed by atoms with E-state index < -0.39 is 0 Å². The lowest BCUT2D eigenvalue weighted by molar-refractivity contribution is 0.0352. The highest BCUT2D eigenvalue weighted by Gasteiger charge is 2.34. The van der Waals surface area contributed by atoms with Crippen LogP contribution >= 0.6 is 0 Å². The standard InChI is InChI=1S/C12H20N4O/c17-9-10-6-16(14-13-10)12-7-15(8-12)11-4-2-1-3-5-11/h6,11-12,17H,1-5,7-9H2. The van der Waals surface area contributed by atoms with Crippen LogP contribution in [-0.2, 0) is 6.61 Å². The Balaban J connectivity index is 1.53. The lowest BCUT2D eigenvalue weighted by Crippen LogP contribution is -2.53. The van der Waals surface area contributed by atoms with Crippen LogP contribution in [0.5, 0.6) is 0 Å². The third-order valence-corrected chi connectivity index (χ3v) is 4.08. The Kier molecular flexibility index (Phi) is 3.11. The van der Waals surface area contributed by atoms with E-state index in [1.165, 1.54) is 32.1 Å². The van der Waals surface area contributed by atoms with Crippen LogP contribution in [-0.4, -0.2) is 44.1 Å². The number of aliphatic hydroxyl groups is 1. The lowest BCUT2D eigenvalue weighted by atomic mass is 9.91. The summed E-state index contributed by atoms with van der Waals surface area (Å²) in [7, 11) is 0. The van der Waals surface area contributed by atoms with E-state index >= 15 is 0 Å². The minimum atomic E-state index is -0.0148. The van der Waals surface area contributed by atoms with E-state index in [0.717, 1.165) is 19.1 Å². The van der Waals surface area contributed by atoms with Gasteiger partial charge < -0.3 is 5.11 Å². The second kappa shape index (κ2) is 4.74. The first-order valence-corrected chi connectivity index (χ1v) is 6.62. The number of hydrogen-bond acceptors (Lipinski definition) is 4. The summed E-state index contributed by atoms with van der Waals surface area (Å²) < 4.78 is 1.91. The molecule has 2 aliphatic rings. The van der Waals surface area contributed by atoms with Crippen LogP contribution in [0.15, 0.2) is 6.20 Å². The molecule has 0 bridgehead atoms. The molecule has 17 heavy (non-hydrogen) atoms. The van der Waals surface area contributed by atoms with Crippen molar-refractivity contribution in [2.75, 3.05) is 13.1 Å². The van der Waals surface area contributed by atoms with Gasteiger partial charge in [0.1, 0.15) is 5.69 Å². The summed E-state index contributed by atoms with van der Waals surface area (Å²) in [6.45, 7) is 2.18. The van der Waals surface area contributed by atoms with Gasteiger partial charge in [-0.05, 0) is 12.8 Å². The molecule has 1 aromatic rings. The van der Waals surface area contributed by atoms with Crippen molar-refractivity contribution in [3.63, 3.8) is 0 Å². The number of rotatable bonds is 3. The van der Waals surface area contributed by atoms with Gasteiger partial charge in [0.25, 0.3) is 0 Å². The fourth-order valence-corrected chi connectivity index (χ4v) is 2.96. The van der Waals surface area contributed by atoms with Crippen LogP contribution in [0, 0.1) is 0 Å². The highest BCUT2D eigenvalue weighted by molar-refractivity contribution is 4.95. The maximum Gasteiger partial charge on any atom is 0.108 e. The maximum atomic E-state index is 8.95. The van der Waals surface area contributed by atoms with Crippen molar-refractivity contribution < 1.29 is 5.11 Å². The predicted octanol–water partition coefficient (Wildman–Crippen LogP) is 0.960. The molecule has 0 amide bonds. The zero-order valence-corrected chi connectivity index (χ0v) is 10.1. The predicted molar refractivity (Wildman–Crippen MR) is 63.4 cm³/mol. The molecule has 2 heterocycles. The number of aliphatic hydroxyl groups excluding tert-OH is 1. The third-order valence-electron chi connectivity index (χ3n) is 4.08. The fourth-order valence-electron chi connectivity index (χ4n) is 2.96. The molecular formula is C12H20N4O. The smallest absolute Gasteiger partial charge is 0.108 e. The van der Waals surface area contributed by atoms with Gasteiger partial charge in [0.2, 0.25) is 0 Å². The summed E-state index contributed by atoms with van der Waals surface area (Å²) in [4.78, 5) is 2.57. The first-order chi connectivity index (χ1) is 8.36. The Labute approximate surface area is 101 Å². The van der Waals surface area contributed by atoms with Crippen LogP contribution in [0.25, 0.3) is 0 Å². The van der Waals surface area contributed by atoms with Gasteiger partial charge in [0, 0.05) is 19.1 Å². The van der Waals surface area contributed by atoms with Gasteiger partial charge in [0.05, 0.1) is 18.8 Å². The Hall–Kier alpha value is -0.940. The summed E-state index contributed by atoms with van der Waals surface area (Å²) in [5.74, 6) is 0. The summed E-state index contributed by atoms with van der Waals surface area (Å²) in [6, 6.07) is 1.27. The summed E-state index contributed by atoms with van der Waals surface area (Å²) in [5, 5.41) is 16.9. The molecule has 0 atom stereocenters. The van der Waals surface area contributed by atoms with Gasteiger partial charge >= 0.3 is 0 Å². The highest BCUT2D eigenvalue weighted by Crippen LogP contribution is 2.30. The van der Waals surface area contributed by atoms with Crippen LogP contribution in [0.4, 0.5) is 0 Å². The fraction of sp³-hybridized carbons (Fsp3) is 0.833. The molecular weight excluding hydrogens is 216 g/mol. The maximum absolute atomic E-state index is 8.95. The summed E-state index contributed by atoms with van der Waals surface area (Å²) in [6.07, 6.45) is 8.80. The number of aromatic nitrogens is 3. The van der Waals surface area contributed by atoms with E-state index in [9.17, 15) is 0 Å². The average molecular weight is 236 g/mol. The number of nitrogens with zero attached hydrogens (tertiary/aromatic N) is 4. The van der Waals surface area contributed by atoms with Crippen LogP contribution < -0.4 is 0 Å². The molecule has 1 aliphatic heterocycles. The van der Waals surface area contributed by atoms with Crippen molar-refractivity contribution in [3.05, 3.63) is 11.9 Å². The van der Waals surface area contributed by atoms with Crippen molar-refractivity contribution in [2.45, 2.75) is 50.8 Å². The first-order valence-electron chi connectivity index (χ1n) is 6.62. The minimum absolute atomic E-state index is 0.0148. The number of hydrogen-bond donors (Lipinski definition) is 1. The molecule has 5 heteroatoms. The topological polar surface area (TPSA) is 54.2 Å². The first kappa shape index (κ1) is 11.2. The Bertz CT molecular complexity index is 366. The molecule has 1 aliphatic carbocycles. The largest absolute Gasteiger partial charge is 0.390 e. The molecule has 1 N–H and O–H groups in total. The SMILES string of the molecule is OCc1cn(C2CN(C3CCCCC3)C2)nn1. The molecule has 94 valence electrons. The van der Waals surface area contributed by atoms with Crippen LogP contribution in [0.1, 0.15) is 43.8 Å². The quantitative estimate of drug-likeness (QED) is 0.849. The second-order valence-corrected chi connectivity index (χ2v) is 5.25. The van der Waals surface area contributed by atoms with Crippen molar-refractivity contribution in [1.82, 2.24) is 19.9 Å². The zero-order valence-electron chi connectivity index (χ0n) is 10.1. The average Bonchev–Trinajstić information content (AvgIpc) is 2.77. The molecule has 2 fully saturated rings. The second-order valence-electron chi connectivity index (χ2n) is 5.25. The van der Waals surface area contributed by atoms with Gasteiger partial charge in [-0.2, -0.15) is 0 Å². The van der Waals surface area contributed by atoms with Crippen LogP contribution in [0.3, 0.4) is 0 Å². The van der Waals surface area contributed by atoms with E-state index in [0.29, 0.717) is 11.7 Å². The molecule has 0 unspecified atom stereocenters. The molecule has 1 saturated heterocycles. The number of likely N-dealkylation sites (tertiary alicyclic amines) is 1. The van der Waals surface area contributed by atoms with Crippen molar-refractivity contribution in [1.29, 1.82) is 0 Å². The molecule has 0 spiro atoms. The Morgan fingerprint density at radius 2 is 1.94 bits per heavy atom. The summed E-state index contributed by atoms with van der Waals surface area (Å²) >= 11 is 0. The van der Waals surface area contributed by atoms with Gasteiger partial charge in [-0.3, -0.25) is 4.90 Å². The molecule has 0 radical (unpaired) electrons. The molecule has 3 rings (SSSR count). The van der Waals surface area contributed by atoms with Gasteiger partial charge in [-0.15, -0.1) is 5.10 Å². The van der Waals surface area contributed by atoms with Gasteiger partial charge in [-0.25, -0.2) is 4.68 Å². The van der Waals surface area contributed by atoms with Gasteiger partial charge in [0.15, 0.2) is 0 Å².